The molecule has 2 heterocycles. The average Bonchev–Trinajstić information content (AvgIpc) is 3.32. The van der Waals surface area contributed by atoms with Crippen molar-refractivity contribution in [2.24, 2.45) is 5.10 Å². The van der Waals surface area contributed by atoms with Crippen molar-refractivity contribution in [2.75, 3.05) is 18.0 Å². The Morgan fingerprint density at radius 2 is 1.93 bits per heavy atom. The molecule has 0 radical (unpaired) electrons. The van der Waals surface area contributed by atoms with Crippen LogP contribution in [0.2, 0.25) is 0 Å². The number of nitrogens with one attached hydrogen (secondary N) is 1. The summed E-state index contributed by atoms with van der Waals surface area (Å²) in [5, 5.41) is 4.92. The molecule has 0 atom stereocenters. The summed E-state index contributed by atoms with van der Waals surface area (Å²) in [6.45, 7) is 2.24. The molecule has 138 valence electrons. The smallest absolute Gasteiger partial charge is 0.307 e. The van der Waals surface area contributed by atoms with Gasteiger partial charge in [-0.1, -0.05) is 28.1 Å². The third kappa shape index (κ3) is 4.19. The monoisotopic (exact) mass is 537 g/mol. The van der Waals surface area contributed by atoms with Crippen molar-refractivity contribution in [3.8, 4) is 0 Å². The summed E-state index contributed by atoms with van der Waals surface area (Å²) in [5.41, 5.74) is 5.39. The molecular formula is C20H17BrIN3O2. The summed E-state index contributed by atoms with van der Waals surface area (Å²) in [5.74, 6) is -0.134. The minimum absolute atomic E-state index is 0.238. The first kappa shape index (κ1) is 18.5. The van der Waals surface area contributed by atoms with Gasteiger partial charge in [0, 0.05) is 28.6 Å². The van der Waals surface area contributed by atoms with Gasteiger partial charge in [0.25, 0.3) is 0 Å². The number of hydrogen-bond acceptors (Lipinski definition) is 4. The zero-order valence-corrected chi connectivity index (χ0v) is 18.2. The first-order valence-corrected chi connectivity index (χ1v) is 10.5. The van der Waals surface area contributed by atoms with Gasteiger partial charge in [-0.2, -0.15) is 5.10 Å². The van der Waals surface area contributed by atoms with Crippen molar-refractivity contribution in [3.05, 3.63) is 61.8 Å². The minimum Gasteiger partial charge on any atom is -0.450 e. The fourth-order valence-electron chi connectivity index (χ4n) is 3.15. The van der Waals surface area contributed by atoms with Crippen LogP contribution in [-0.2, 0) is 0 Å². The highest BCUT2D eigenvalue weighted by Gasteiger charge is 2.14. The van der Waals surface area contributed by atoms with Gasteiger partial charge in [0.1, 0.15) is 5.58 Å². The van der Waals surface area contributed by atoms with E-state index in [9.17, 15) is 4.79 Å². The summed E-state index contributed by atoms with van der Waals surface area (Å²) < 4.78 is 7.56. The van der Waals surface area contributed by atoms with Crippen molar-refractivity contribution in [1.82, 2.24) is 5.43 Å². The number of carbonyl (C=O) groups excluding carboxylic acids is 1. The molecule has 1 aliphatic heterocycles. The summed E-state index contributed by atoms with van der Waals surface area (Å²) in [6.07, 6.45) is 4.15. The van der Waals surface area contributed by atoms with Crippen molar-refractivity contribution in [1.29, 1.82) is 0 Å². The second kappa shape index (κ2) is 8.02. The quantitative estimate of drug-likeness (QED) is 0.284. The van der Waals surface area contributed by atoms with E-state index in [2.05, 4.69) is 66.1 Å². The molecule has 0 bridgehead atoms. The highest BCUT2D eigenvalue weighted by Crippen LogP contribution is 2.28. The molecule has 0 spiro atoms. The molecular weight excluding hydrogens is 521 g/mol. The van der Waals surface area contributed by atoms with Crippen molar-refractivity contribution >= 4 is 67.3 Å². The molecule has 3 aromatic rings. The molecule has 5 nitrogen and oxygen atoms in total. The first-order chi connectivity index (χ1) is 13.1. The largest absolute Gasteiger partial charge is 0.450 e. The Hall–Kier alpha value is -1.87. The maximum absolute atomic E-state index is 12.3. The number of amides is 1. The van der Waals surface area contributed by atoms with E-state index in [1.807, 2.05) is 24.3 Å². The van der Waals surface area contributed by atoms with Crippen LogP contribution in [0, 0.1) is 3.57 Å². The summed E-state index contributed by atoms with van der Waals surface area (Å²) in [7, 11) is 0. The van der Waals surface area contributed by atoms with Crippen LogP contribution < -0.4 is 10.3 Å². The number of rotatable bonds is 4. The van der Waals surface area contributed by atoms with Gasteiger partial charge in [-0.3, -0.25) is 4.79 Å². The van der Waals surface area contributed by atoms with Crippen molar-refractivity contribution < 1.29 is 9.21 Å². The predicted octanol–water partition coefficient (Wildman–Crippen LogP) is 5.16. The second-order valence-corrected chi connectivity index (χ2v) is 8.48. The van der Waals surface area contributed by atoms with E-state index < -0.39 is 0 Å². The Bertz CT molecular complexity index is 1010. The Morgan fingerprint density at radius 3 is 2.67 bits per heavy atom. The molecule has 0 unspecified atom stereocenters. The number of benzene rings is 2. The number of hydrogen-bond donors (Lipinski definition) is 1. The van der Waals surface area contributed by atoms with E-state index in [0.29, 0.717) is 5.58 Å². The van der Waals surface area contributed by atoms with E-state index in [-0.39, 0.29) is 11.7 Å². The fraction of sp³-hybridized carbons (Fsp3) is 0.200. The van der Waals surface area contributed by atoms with E-state index >= 15 is 0 Å². The molecule has 0 saturated carbocycles. The Morgan fingerprint density at radius 1 is 1.19 bits per heavy atom. The number of nitrogens with zero attached hydrogens (tertiary/aromatic N) is 2. The number of anilines is 1. The highest BCUT2D eigenvalue weighted by atomic mass is 127. The van der Waals surface area contributed by atoms with Crippen LogP contribution in [0.4, 0.5) is 5.69 Å². The summed E-state index contributed by atoms with van der Waals surface area (Å²) in [6, 6.07) is 13.8. The number of hydrazone groups is 1. The molecule has 2 aromatic carbocycles. The Balaban J connectivity index is 1.42. The van der Waals surface area contributed by atoms with E-state index in [4.69, 9.17) is 4.42 Å². The standard InChI is InChI=1S/C20H17BrIN3O2/c21-15-9-14-10-18(27-19(14)17(22)11-15)20(26)24-23-12-13-3-5-16(6-4-13)25-7-1-2-8-25/h3-6,9-12H,1-2,7-8H2,(H,24,26). The predicted molar refractivity (Wildman–Crippen MR) is 120 cm³/mol. The van der Waals surface area contributed by atoms with Crippen LogP contribution >= 0.6 is 38.5 Å². The number of halogens is 2. The topological polar surface area (TPSA) is 57.8 Å². The summed E-state index contributed by atoms with van der Waals surface area (Å²) in [4.78, 5) is 14.7. The Labute approximate surface area is 179 Å². The maximum atomic E-state index is 12.3. The van der Waals surface area contributed by atoms with Crippen LogP contribution in [0.1, 0.15) is 29.0 Å². The van der Waals surface area contributed by atoms with Crippen LogP contribution in [0.3, 0.4) is 0 Å². The molecule has 0 aliphatic carbocycles. The van der Waals surface area contributed by atoms with Gasteiger partial charge in [0.15, 0.2) is 5.76 Å². The van der Waals surface area contributed by atoms with Crippen molar-refractivity contribution in [3.63, 3.8) is 0 Å². The van der Waals surface area contributed by atoms with Crippen molar-refractivity contribution in [2.45, 2.75) is 12.8 Å². The molecule has 1 aromatic heterocycles. The first-order valence-electron chi connectivity index (χ1n) is 8.67. The zero-order chi connectivity index (χ0) is 18.8. The lowest BCUT2D eigenvalue weighted by Gasteiger charge is -2.17. The lowest BCUT2D eigenvalue weighted by molar-refractivity contribution is 0.0929. The lowest BCUT2D eigenvalue weighted by Crippen LogP contribution is -2.17. The Kier molecular flexibility index (Phi) is 5.49. The fourth-order valence-corrected chi connectivity index (χ4v) is 4.82. The van der Waals surface area contributed by atoms with Gasteiger partial charge in [0.05, 0.1) is 9.78 Å². The van der Waals surface area contributed by atoms with Gasteiger partial charge in [-0.15, -0.1) is 0 Å². The molecule has 27 heavy (non-hydrogen) atoms. The maximum Gasteiger partial charge on any atom is 0.307 e. The molecule has 1 aliphatic rings. The molecule has 4 rings (SSSR count). The van der Waals surface area contributed by atoms with E-state index in [1.165, 1.54) is 18.5 Å². The minimum atomic E-state index is -0.372. The molecule has 1 amide bonds. The summed E-state index contributed by atoms with van der Waals surface area (Å²) >= 11 is 5.64. The van der Waals surface area contributed by atoms with E-state index in [0.717, 1.165) is 32.1 Å². The van der Waals surface area contributed by atoms with Gasteiger partial charge in [-0.25, -0.2) is 5.43 Å². The van der Waals surface area contributed by atoms with Crippen LogP contribution in [-0.4, -0.2) is 25.2 Å². The van der Waals surface area contributed by atoms with E-state index in [1.54, 1.807) is 12.3 Å². The van der Waals surface area contributed by atoms with Gasteiger partial charge in [-0.05, 0) is 71.3 Å². The van der Waals surface area contributed by atoms with Crippen LogP contribution in [0.25, 0.3) is 11.0 Å². The zero-order valence-electron chi connectivity index (χ0n) is 14.4. The lowest BCUT2D eigenvalue weighted by atomic mass is 10.2. The molecule has 1 fully saturated rings. The number of fused-ring (bicyclic) bond motifs is 1. The average molecular weight is 538 g/mol. The highest BCUT2D eigenvalue weighted by molar-refractivity contribution is 14.1. The van der Waals surface area contributed by atoms with Gasteiger partial charge < -0.3 is 9.32 Å². The molecule has 1 N–H and O–H groups in total. The third-order valence-electron chi connectivity index (χ3n) is 4.50. The second-order valence-electron chi connectivity index (χ2n) is 6.40. The van der Waals surface area contributed by atoms with Gasteiger partial charge in [0.2, 0.25) is 0 Å². The molecule has 1 saturated heterocycles. The number of furan rings is 1. The molecule has 7 heteroatoms. The van der Waals surface area contributed by atoms with Crippen LogP contribution in [0.15, 0.2) is 56.5 Å². The van der Waals surface area contributed by atoms with Gasteiger partial charge >= 0.3 is 5.91 Å². The van der Waals surface area contributed by atoms with Crippen LogP contribution in [0.5, 0.6) is 0 Å². The third-order valence-corrected chi connectivity index (χ3v) is 5.76. The normalized spacial score (nSPS) is 14.4. The number of carbonyl (C=O) groups is 1. The SMILES string of the molecule is O=C(NN=Cc1ccc(N2CCCC2)cc1)c1cc2cc(Br)cc(I)c2o1.